The Morgan fingerprint density at radius 3 is 2.92 bits per heavy atom. The van der Waals surface area contributed by atoms with Gasteiger partial charge in [-0.3, -0.25) is 14.4 Å². The molecule has 7 nitrogen and oxygen atoms in total. The summed E-state index contributed by atoms with van der Waals surface area (Å²) in [6, 6.07) is 7.37. The van der Waals surface area contributed by atoms with Crippen LogP contribution in [0.3, 0.4) is 0 Å². The van der Waals surface area contributed by atoms with Gasteiger partial charge in [0.1, 0.15) is 18.4 Å². The largest absolute Gasteiger partial charge is 0.497 e. The molecule has 1 amide bonds. The van der Waals surface area contributed by atoms with Crippen LogP contribution in [0.5, 0.6) is 5.75 Å². The average Bonchev–Trinajstić information content (AvgIpc) is 3.09. The lowest BCUT2D eigenvalue weighted by Gasteiger charge is -2.32. The summed E-state index contributed by atoms with van der Waals surface area (Å²) in [6.45, 7) is 3.15. The van der Waals surface area contributed by atoms with E-state index < -0.39 is 0 Å². The van der Waals surface area contributed by atoms with Crippen molar-refractivity contribution in [3.63, 3.8) is 0 Å². The minimum atomic E-state index is 0.0153. The van der Waals surface area contributed by atoms with Crippen molar-refractivity contribution in [1.29, 1.82) is 0 Å². The highest BCUT2D eigenvalue weighted by atomic mass is 16.5. The van der Waals surface area contributed by atoms with E-state index in [0.717, 1.165) is 43.9 Å². The van der Waals surface area contributed by atoms with Gasteiger partial charge in [-0.1, -0.05) is 0 Å². The maximum absolute atomic E-state index is 12.2. The molecule has 0 radical (unpaired) electrons. The third-order valence-electron chi connectivity index (χ3n) is 4.26. The summed E-state index contributed by atoms with van der Waals surface area (Å²) in [5.41, 5.74) is 0.789. The van der Waals surface area contributed by atoms with E-state index in [2.05, 4.69) is 20.3 Å². The second-order valence-corrected chi connectivity index (χ2v) is 6.14. The van der Waals surface area contributed by atoms with Crippen LogP contribution in [0.25, 0.3) is 0 Å². The van der Waals surface area contributed by atoms with Crippen molar-refractivity contribution < 1.29 is 9.53 Å². The number of amides is 1. The van der Waals surface area contributed by atoms with Gasteiger partial charge in [0, 0.05) is 18.8 Å². The summed E-state index contributed by atoms with van der Waals surface area (Å²) in [5.74, 6) is 1.30. The van der Waals surface area contributed by atoms with E-state index in [9.17, 15) is 4.79 Å². The number of carbonyl (C=O) groups excluding carboxylic acids is 1. The molecule has 2 aromatic rings. The molecule has 1 atom stereocenters. The molecule has 0 unspecified atom stereocenters. The highest BCUT2D eigenvalue weighted by Crippen LogP contribution is 2.18. The molecule has 1 aliphatic rings. The van der Waals surface area contributed by atoms with Crippen LogP contribution in [0.15, 0.2) is 36.9 Å². The standard InChI is InChI=1S/C17H23N5O2/c1-24-16-6-4-15(5-7-16)20-17(23)11-21-8-2-3-14(9-21)10-22-13-18-12-19-22/h4-7,12-14H,2-3,8-11H2,1H3,(H,20,23)/t14-/m1/s1. The zero-order chi connectivity index (χ0) is 16.8. The van der Waals surface area contributed by atoms with Gasteiger partial charge in [-0.15, -0.1) is 0 Å². The lowest BCUT2D eigenvalue weighted by atomic mass is 9.98. The Hall–Kier alpha value is -2.41. The first-order valence-electron chi connectivity index (χ1n) is 8.21. The molecule has 1 N–H and O–H groups in total. The van der Waals surface area contributed by atoms with Crippen molar-refractivity contribution >= 4 is 11.6 Å². The first-order valence-corrected chi connectivity index (χ1v) is 8.21. The number of aromatic nitrogens is 3. The monoisotopic (exact) mass is 329 g/mol. The molecule has 1 aromatic carbocycles. The van der Waals surface area contributed by atoms with Gasteiger partial charge in [-0.2, -0.15) is 5.10 Å². The Balaban J connectivity index is 1.48. The number of likely N-dealkylation sites (tertiary alicyclic amines) is 1. The molecule has 1 fully saturated rings. The van der Waals surface area contributed by atoms with Crippen LogP contribution in [-0.4, -0.2) is 52.3 Å². The SMILES string of the molecule is COc1ccc(NC(=O)CN2CCC[C@@H](Cn3cncn3)C2)cc1. The summed E-state index contributed by atoms with van der Waals surface area (Å²) < 4.78 is 6.98. The molecule has 0 bridgehead atoms. The molecule has 3 rings (SSSR count). The fourth-order valence-corrected chi connectivity index (χ4v) is 3.11. The normalized spacial score (nSPS) is 18.3. The lowest BCUT2D eigenvalue weighted by molar-refractivity contribution is -0.117. The van der Waals surface area contributed by atoms with Crippen LogP contribution >= 0.6 is 0 Å². The first kappa shape index (κ1) is 16.4. The van der Waals surface area contributed by atoms with E-state index in [1.54, 1.807) is 19.8 Å². The highest BCUT2D eigenvalue weighted by Gasteiger charge is 2.22. The van der Waals surface area contributed by atoms with E-state index in [1.165, 1.54) is 0 Å². The van der Waals surface area contributed by atoms with E-state index >= 15 is 0 Å². The minimum Gasteiger partial charge on any atom is -0.497 e. The van der Waals surface area contributed by atoms with Crippen LogP contribution < -0.4 is 10.1 Å². The predicted molar refractivity (Wildman–Crippen MR) is 90.8 cm³/mol. The summed E-state index contributed by atoms with van der Waals surface area (Å²) in [5, 5.41) is 7.10. The van der Waals surface area contributed by atoms with Crippen molar-refractivity contribution in [2.24, 2.45) is 5.92 Å². The van der Waals surface area contributed by atoms with Gasteiger partial charge in [0.25, 0.3) is 0 Å². The topological polar surface area (TPSA) is 72.3 Å². The molecule has 1 aromatic heterocycles. The Kier molecular flexibility index (Phi) is 5.43. The van der Waals surface area contributed by atoms with Gasteiger partial charge >= 0.3 is 0 Å². The number of hydrogen-bond acceptors (Lipinski definition) is 5. The molecular weight excluding hydrogens is 306 g/mol. The number of nitrogens with zero attached hydrogens (tertiary/aromatic N) is 4. The molecule has 1 aliphatic heterocycles. The van der Waals surface area contributed by atoms with Crippen LogP contribution in [-0.2, 0) is 11.3 Å². The molecule has 7 heteroatoms. The Morgan fingerprint density at radius 2 is 2.21 bits per heavy atom. The predicted octanol–water partition coefficient (Wildman–Crippen LogP) is 1.64. The molecular formula is C17H23N5O2. The third kappa shape index (κ3) is 4.55. The molecule has 1 saturated heterocycles. The van der Waals surface area contributed by atoms with Crippen LogP contribution in [0.2, 0.25) is 0 Å². The summed E-state index contributed by atoms with van der Waals surface area (Å²) in [7, 11) is 1.62. The summed E-state index contributed by atoms with van der Waals surface area (Å²) >= 11 is 0. The van der Waals surface area contributed by atoms with Crippen LogP contribution in [0.1, 0.15) is 12.8 Å². The van der Waals surface area contributed by atoms with E-state index in [1.807, 2.05) is 28.9 Å². The third-order valence-corrected chi connectivity index (χ3v) is 4.26. The number of piperidine rings is 1. The number of rotatable bonds is 6. The number of hydrogen-bond donors (Lipinski definition) is 1. The zero-order valence-electron chi connectivity index (χ0n) is 13.9. The average molecular weight is 329 g/mol. The second-order valence-electron chi connectivity index (χ2n) is 6.14. The fourth-order valence-electron chi connectivity index (χ4n) is 3.11. The maximum atomic E-state index is 12.2. The number of nitrogens with one attached hydrogen (secondary N) is 1. The van der Waals surface area contributed by atoms with Crippen LogP contribution in [0, 0.1) is 5.92 Å². The highest BCUT2D eigenvalue weighted by molar-refractivity contribution is 5.92. The number of carbonyl (C=O) groups is 1. The number of anilines is 1. The lowest BCUT2D eigenvalue weighted by Crippen LogP contribution is -2.41. The van der Waals surface area contributed by atoms with Gasteiger partial charge in [-0.05, 0) is 49.6 Å². The molecule has 0 saturated carbocycles. The van der Waals surface area contributed by atoms with Crippen LogP contribution in [0.4, 0.5) is 5.69 Å². The molecule has 0 aliphatic carbocycles. The van der Waals surface area contributed by atoms with E-state index in [4.69, 9.17) is 4.74 Å². The van der Waals surface area contributed by atoms with Gasteiger partial charge < -0.3 is 10.1 Å². The minimum absolute atomic E-state index is 0.0153. The second kappa shape index (κ2) is 7.92. The van der Waals surface area contributed by atoms with Gasteiger partial charge in [0.2, 0.25) is 5.91 Å². The van der Waals surface area contributed by atoms with Gasteiger partial charge in [0.15, 0.2) is 0 Å². The molecule has 128 valence electrons. The van der Waals surface area contributed by atoms with Crippen molar-refractivity contribution in [3.05, 3.63) is 36.9 Å². The van der Waals surface area contributed by atoms with Crippen molar-refractivity contribution in [2.75, 3.05) is 32.1 Å². The first-order chi connectivity index (χ1) is 11.7. The van der Waals surface area contributed by atoms with Crippen molar-refractivity contribution in [2.45, 2.75) is 19.4 Å². The number of ether oxygens (including phenoxy) is 1. The molecule has 2 heterocycles. The van der Waals surface area contributed by atoms with Gasteiger partial charge in [-0.25, -0.2) is 4.98 Å². The summed E-state index contributed by atoms with van der Waals surface area (Å²) in [6.07, 6.45) is 5.57. The van der Waals surface area contributed by atoms with E-state index in [0.29, 0.717) is 12.5 Å². The maximum Gasteiger partial charge on any atom is 0.238 e. The zero-order valence-corrected chi connectivity index (χ0v) is 13.9. The van der Waals surface area contributed by atoms with Gasteiger partial charge in [0.05, 0.1) is 13.7 Å². The Bertz CT molecular complexity index is 642. The van der Waals surface area contributed by atoms with Crippen molar-refractivity contribution in [1.82, 2.24) is 19.7 Å². The van der Waals surface area contributed by atoms with Crippen molar-refractivity contribution in [3.8, 4) is 5.75 Å². The quantitative estimate of drug-likeness (QED) is 0.872. The Morgan fingerprint density at radius 1 is 1.38 bits per heavy atom. The summed E-state index contributed by atoms with van der Waals surface area (Å²) in [4.78, 5) is 18.4. The molecule has 24 heavy (non-hydrogen) atoms. The fraction of sp³-hybridized carbons (Fsp3) is 0.471. The Labute approximate surface area is 141 Å². The number of benzene rings is 1. The smallest absolute Gasteiger partial charge is 0.238 e. The van der Waals surface area contributed by atoms with E-state index in [-0.39, 0.29) is 5.91 Å². The molecule has 0 spiro atoms. The number of methoxy groups -OCH3 is 1.